The molecule has 0 saturated heterocycles. The summed E-state index contributed by atoms with van der Waals surface area (Å²) in [4.78, 5) is 9.67. The molecule has 0 atom stereocenters. The van der Waals surface area contributed by atoms with Crippen molar-refractivity contribution in [3.05, 3.63) is 53.1 Å². The van der Waals surface area contributed by atoms with E-state index in [0.717, 1.165) is 30.3 Å². The van der Waals surface area contributed by atoms with Crippen LogP contribution in [0.1, 0.15) is 17.1 Å². The van der Waals surface area contributed by atoms with Crippen molar-refractivity contribution in [2.75, 3.05) is 0 Å². The lowest BCUT2D eigenvalue weighted by Gasteiger charge is -2.05. The average molecular weight is 285 g/mol. The zero-order valence-electron chi connectivity index (χ0n) is 11.1. The van der Waals surface area contributed by atoms with Crippen LogP contribution in [0.3, 0.4) is 0 Å². The van der Waals surface area contributed by atoms with Gasteiger partial charge >= 0.3 is 0 Å². The van der Waals surface area contributed by atoms with E-state index in [2.05, 4.69) is 36.9 Å². The largest absolute Gasteiger partial charge is 0.307 e. The minimum Gasteiger partial charge on any atom is -0.307 e. The van der Waals surface area contributed by atoms with E-state index in [1.165, 1.54) is 10.4 Å². The topological polar surface area (TPSA) is 66.5 Å². The first-order valence-corrected chi connectivity index (χ1v) is 7.26. The van der Waals surface area contributed by atoms with Crippen molar-refractivity contribution in [3.8, 4) is 10.6 Å². The van der Waals surface area contributed by atoms with E-state index < -0.39 is 0 Å². The van der Waals surface area contributed by atoms with E-state index in [1.807, 2.05) is 25.3 Å². The molecule has 0 aliphatic carbocycles. The van der Waals surface area contributed by atoms with Gasteiger partial charge in [0.2, 0.25) is 0 Å². The molecule has 5 nitrogen and oxygen atoms in total. The molecule has 0 amide bonds. The molecule has 0 unspecified atom stereocenters. The molecule has 0 aliphatic heterocycles. The number of H-pyrrole nitrogens is 1. The molecule has 0 radical (unpaired) electrons. The van der Waals surface area contributed by atoms with Crippen molar-refractivity contribution >= 4 is 11.3 Å². The SMILES string of the molecule is Cc1nccc(CNCc2cn[nH]c2-c2cccs2)n1. The van der Waals surface area contributed by atoms with Crippen LogP contribution in [0.2, 0.25) is 0 Å². The van der Waals surface area contributed by atoms with Gasteiger partial charge in [-0.3, -0.25) is 5.10 Å². The fraction of sp³-hybridized carbons (Fsp3) is 0.214. The molecular formula is C14H15N5S. The van der Waals surface area contributed by atoms with Crippen molar-refractivity contribution in [2.45, 2.75) is 20.0 Å². The monoisotopic (exact) mass is 285 g/mol. The van der Waals surface area contributed by atoms with Crippen LogP contribution >= 0.6 is 11.3 Å². The molecule has 3 rings (SSSR count). The number of aryl methyl sites for hydroxylation is 1. The predicted molar refractivity (Wildman–Crippen MR) is 79.2 cm³/mol. The molecule has 0 fully saturated rings. The molecule has 0 aromatic carbocycles. The number of nitrogens with zero attached hydrogens (tertiary/aromatic N) is 3. The van der Waals surface area contributed by atoms with Gasteiger partial charge in [-0.1, -0.05) is 6.07 Å². The lowest BCUT2D eigenvalue weighted by Crippen LogP contribution is -2.14. The van der Waals surface area contributed by atoms with Crippen LogP contribution in [0, 0.1) is 6.92 Å². The normalized spacial score (nSPS) is 10.8. The molecule has 6 heteroatoms. The van der Waals surface area contributed by atoms with Crippen LogP contribution in [0.15, 0.2) is 36.0 Å². The second kappa shape index (κ2) is 5.94. The highest BCUT2D eigenvalue weighted by molar-refractivity contribution is 7.13. The summed E-state index contributed by atoms with van der Waals surface area (Å²) in [6.07, 6.45) is 3.65. The average Bonchev–Trinajstić information content (AvgIpc) is 3.09. The van der Waals surface area contributed by atoms with Crippen LogP contribution in [0.4, 0.5) is 0 Å². The van der Waals surface area contributed by atoms with Gasteiger partial charge in [-0.15, -0.1) is 11.3 Å². The third-order valence-electron chi connectivity index (χ3n) is 2.94. The predicted octanol–water partition coefficient (Wildman–Crippen LogP) is 2.53. The fourth-order valence-electron chi connectivity index (χ4n) is 2.01. The minimum atomic E-state index is 0.721. The summed E-state index contributed by atoms with van der Waals surface area (Å²) >= 11 is 1.71. The maximum atomic E-state index is 4.37. The smallest absolute Gasteiger partial charge is 0.125 e. The Morgan fingerprint density at radius 3 is 3.05 bits per heavy atom. The lowest BCUT2D eigenvalue weighted by atomic mass is 10.2. The molecule has 3 aromatic heterocycles. The highest BCUT2D eigenvalue weighted by Crippen LogP contribution is 2.25. The Bertz CT molecular complexity index is 674. The molecule has 0 spiro atoms. The highest BCUT2D eigenvalue weighted by Gasteiger charge is 2.08. The fourth-order valence-corrected chi connectivity index (χ4v) is 2.76. The summed E-state index contributed by atoms with van der Waals surface area (Å²) < 4.78 is 0. The molecule has 3 heterocycles. The van der Waals surface area contributed by atoms with E-state index in [-0.39, 0.29) is 0 Å². The van der Waals surface area contributed by atoms with Crippen LogP contribution in [0.25, 0.3) is 10.6 Å². The van der Waals surface area contributed by atoms with Crippen molar-refractivity contribution < 1.29 is 0 Å². The van der Waals surface area contributed by atoms with Gasteiger partial charge in [-0.05, 0) is 24.4 Å². The van der Waals surface area contributed by atoms with Crippen molar-refractivity contribution in [1.29, 1.82) is 0 Å². The van der Waals surface area contributed by atoms with Crippen LogP contribution in [-0.4, -0.2) is 20.2 Å². The Kier molecular flexibility index (Phi) is 3.85. The van der Waals surface area contributed by atoms with Gasteiger partial charge in [0.05, 0.1) is 22.5 Å². The Balaban J connectivity index is 1.64. The van der Waals surface area contributed by atoms with E-state index >= 15 is 0 Å². The summed E-state index contributed by atoms with van der Waals surface area (Å²) in [5, 5.41) is 12.6. The number of hydrogen-bond donors (Lipinski definition) is 2. The summed E-state index contributed by atoms with van der Waals surface area (Å²) in [6.45, 7) is 3.37. The maximum absolute atomic E-state index is 4.37. The Morgan fingerprint density at radius 1 is 1.30 bits per heavy atom. The van der Waals surface area contributed by atoms with E-state index in [9.17, 15) is 0 Å². The van der Waals surface area contributed by atoms with Crippen LogP contribution in [-0.2, 0) is 13.1 Å². The minimum absolute atomic E-state index is 0.721. The molecule has 2 N–H and O–H groups in total. The van der Waals surface area contributed by atoms with Gasteiger partial charge in [0.25, 0.3) is 0 Å². The van der Waals surface area contributed by atoms with Gasteiger partial charge in [0.1, 0.15) is 5.82 Å². The second-order valence-electron chi connectivity index (χ2n) is 4.45. The number of rotatable bonds is 5. The van der Waals surface area contributed by atoms with Gasteiger partial charge in [-0.25, -0.2) is 9.97 Å². The maximum Gasteiger partial charge on any atom is 0.125 e. The van der Waals surface area contributed by atoms with E-state index in [4.69, 9.17) is 0 Å². The number of thiophene rings is 1. The third-order valence-corrected chi connectivity index (χ3v) is 3.83. The summed E-state index contributed by atoms with van der Waals surface area (Å²) in [7, 11) is 0. The summed E-state index contributed by atoms with van der Waals surface area (Å²) in [6, 6.07) is 6.06. The molecule has 3 aromatic rings. The molecule has 0 bridgehead atoms. The molecule has 102 valence electrons. The highest BCUT2D eigenvalue weighted by atomic mass is 32.1. The first-order chi connectivity index (χ1) is 9.83. The molecule has 0 saturated carbocycles. The van der Waals surface area contributed by atoms with Gasteiger partial charge in [0.15, 0.2) is 0 Å². The summed E-state index contributed by atoms with van der Waals surface area (Å²) in [5.74, 6) is 0.798. The second-order valence-corrected chi connectivity index (χ2v) is 5.39. The lowest BCUT2D eigenvalue weighted by molar-refractivity contribution is 0.676. The first-order valence-electron chi connectivity index (χ1n) is 6.38. The molecule has 20 heavy (non-hydrogen) atoms. The third kappa shape index (κ3) is 2.92. The number of aromatic amines is 1. The Labute approximate surface area is 121 Å². The van der Waals surface area contributed by atoms with Crippen LogP contribution in [0.5, 0.6) is 0 Å². The number of hydrogen-bond acceptors (Lipinski definition) is 5. The Hall–Kier alpha value is -2.05. The van der Waals surface area contributed by atoms with Crippen molar-refractivity contribution in [3.63, 3.8) is 0 Å². The van der Waals surface area contributed by atoms with E-state index in [1.54, 1.807) is 17.5 Å². The van der Waals surface area contributed by atoms with Gasteiger partial charge < -0.3 is 5.32 Å². The zero-order valence-corrected chi connectivity index (χ0v) is 11.9. The van der Waals surface area contributed by atoms with E-state index in [0.29, 0.717) is 0 Å². The first kappa shape index (κ1) is 13.0. The summed E-state index contributed by atoms with van der Waals surface area (Å²) in [5.41, 5.74) is 3.25. The quantitative estimate of drug-likeness (QED) is 0.756. The van der Waals surface area contributed by atoms with Crippen molar-refractivity contribution in [2.24, 2.45) is 0 Å². The number of nitrogens with one attached hydrogen (secondary N) is 2. The van der Waals surface area contributed by atoms with Crippen molar-refractivity contribution in [1.82, 2.24) is 25.5 Å². The van der Waals surface area contributed by atoms with Crippen LogP contribution < -0.4 is 5.32 Å². The zero-order chi connectivity index (χ0) is 13.8. The standard InChI is InChI=1S/C14H15N5S/c1-10-16-5-4-12(18-10)9-15-7-11-8-17-19-14(11)13-3-2-6-20-13/h2-6,8,15H,7,9H2,1H3,(H,17,19). The molecular weight excluding hydrogens is 270 g/mol. The Morgan fingerprint density at radius 2 is 2.25 bits per heavy atom. The number of aromatic nitrogens is 4. The van der Waals surface area contributed by atoms with Gasteiger partial charge in [-0.2, -0.15) is 5.10 Å². The molecule has 0 aliphatic rings. The van der Waals surface area contributed by atoms with Gasteiger partial charge in [0, 0.05) is 24.8 Å².